The molecule has 3 heterocycles. The number of hydrogen-bond acceptors (Lipinski definition) is 5. The summed E-state index contributed by atoms with van der Waals surface area (Å²) in [6.45, 7) is 4.77. The van der Waals surface area contributed by atoms with Gasteiger partial charge in [0, 0.05) is 30.9 Å². The maximum Gasteiger partial charge on any atom is 0.320 e. The van der Waals surface area contributed by atoms with Crippen LogP contribution < -0.4 is 4.90 Å². The van der Waals surface area contributed by atoms with Gasteiger partial charge in [-0.3, -0.25) is 9.69 Å². The van der Waals surface area contributed by atoms with Crippen molar-refractivity contribution in [1.29, 1.82) is 0 Å². The number of hydrogen-bond donors (Lipinski definition) is 1. The lowest BCUT2D eigenvalue weighted by atomic mass is 10.0. The van der Waals surface area contributed by atoms with Crippen molar-refractivity contribution < 1.29 is 9.90 Å². The number of rotatable bonds is 3. The first-order valence-electron chi connectivity index (χ1n) is 7.67. The molecule has 2 fully saturated rings. The highest BCUT2D eigenvalue weighted by molar-refractivity contribution is 5.73. The minimum atomic E-state index is -0.665. The highest BCUT2D eigenvalue weighted by Gasteiger charge is 2.36. The first-order valence-corrected chi connectivity index (χ1v) is 7.67. The van der Waals surface area contributed by atoms with Crippen LogP contribution in [0.5, 0.6) is 0 Å². The summed E-state index contributed by atoms with van der Waals surface area (Å²) in [7, 11) is 0. The van der Waals surface area contributed by atoms with E-state index >= 15 is 0 Å². The van der Waals surface area contributed by atoms with Gasteiger partial charge < -0.3 is 10.0 Å². The summed E-state index contributed by atoms with van der Waals surface area (Å²) in [6, 6.07) is 2.13. The second-order valence-electron chi connectivity index (χ2n) is 5.97. The average molecular weight is 290 g/mol. The number of anilines is 1. The van der Waals surface area contributed by atoms with E-state index in [1.54, 1.807) is 6.33 Å². The van der Waals surface area contributed by atoms with Gasteiger partial charge in [-0.05, 0) is 39.2 Å². The molecule has 114 valence electrons. The third-order valence-corrected chi connectivity index (χ3v) is 4.63. The molecule has 0 aliphatic carbocycles. The molecule has 0 radical (unpaired) electrons. The lowest BCUT2D eigenvalue weighted by Gasteiger charge is -2.38. The molecule has 0 bridgehead atoms. The summed E-state index contributed by atoms with van der Waals surface area (Å²) in [6.07, 6.45) is 5.42. The molecule has 6 heteroatoms. The maximum atomic E-state index is 11.3. The minimum absolute atomic E-state index is 0.275. The third-order valence-electron chi connectivity index (χ3n) is 4.63. The van der Waals surface area contributed by atoms with Crippen LogP contribution in [0, 0.1) is 6.92 Å². The zero-order chi connectivity index (χ0) is 14.8. The van der Waals surface area contributed by atoms with Crippen molar-refractivity contribution in [2.75, 3.05) is 24.5 Å². The van der Waals surface area contributed by atoms with Gasteiger partial charge >= 0.3 is 5.97 Å². The van der Waals surface area contributed by atoms with E-state index in [9.17, 15) is 9.90 Å². The van der Waals surface area contributed by atoms with E-state index in [2.05, 4.69) is 19.8 Å². The van der Waals surface area contributed by atoms with Crippen molar-refractivity contribution in [1.82, 2.24) is 14.9 Å². The lowest BCUT2D eigenvalue weighted by Crippen LogP contribution is -2.49. The monoisotopic (exact) mass is 290 g/mol. The Morgan fingerprint density at radius 2 is 2.00 bits per heavy atom. The predicted molar refractivity (Wildman–Crippen MR) is 79.4 cm³/mol. The standard InChI is InChI=1S/C15H22N4O2/c1-11-9-14(17-10-16-11)18-7-4-12(5-8-18)19-6-2-3-13(19)15(20)21/h9-10,12-13H,2-8H2,1H3,(H,20,21). The molecule has 0 aromatic carbocycles. The molecule has 21 heavy (non-hydrogen) atoms. The Morgan fingerprint density at radius 1 is 1.24 bits per heavy atom. The van der Waals surface area contributed by atoms with Gasteiger partial charge in [0.1, 0.15) is 18.2 Å². The van der Waals surface area contributed by atoms with Gasteiger partial charge in [0.05, 0.1) is 0 Å². The minimum Gasteiger partial charge on any atom is -0.480 e. The number of nitrogens with zero attached hydrogens (tertiary/aromatic N) is 4. The molecular formula is C15H22N4O2. The SMILES string of the molecule is Cc1cc(N2CCC(N3CCCC3C(=O)O)CC2)ncn1. The van der Waals surface area contributed by atoms with Crippen molar-refractivity contribution in [3.8, 4) is 0 Å². The Balaban J connectivity index is 1.61. The molecule has 1 unspecified atom stereocenters. The number of piperidine rings is 1. The zero-order valence-electron chi connectivity index (χ0n) is 12.4. The third kappa shape index (κ3) is 3.00. The van der Waals surface area contributed by atoms with Crippen LogP contribution in [0.15, 0.2) is 12.4 Å². The zero-order valence-corrected chi connectivity index (χ0v) is 12.4. The molecule has 1 N–H and O–H groups in total. The molecule has 2 aliphatic rings. The first-order chi connectivity index (χ1) is 10.1. The van der Waals surface area contributed by atoms with E-state index in [0.717, 1.165) is 56.8 Å². The van der Waals surface area contributed by atoms with Gasteiger partial charge in [0.15, 0.2) is 0 Å². The molecule has 0 amide bonds. The van der Waals surface area contributed by atoms with Gasteiger partial charge in [-0.15, -0.1) is 0 Å². The van der Waals surface area contributed by atoms with Crippen LogP contribution in [0.25, 0.3) is 0 Å². The van der Waals surface area contributed by atoms with Crippen molar-refractivity contribution in [3.05, 3.63) is 18.1 Å². The van der Waals surface area contributed by atoms with E-state index < -0.39 is 5.97 Å². The van der Waals surface area contributed by atoms with Crippen LogP contribution in [0.2, 0.25) is 0 Å². The van der Waals surface area contributed by atoms with Crippen LogP contribution in [-0.2, 0) is 4.79 Å². The smallest absolute Gasteiger partial charge is 0.320 e. The fourth-order valence-electron chi connectivity index (χ4n) is 3.53. The number of aromatic nitrogens is 2. The normalized spacial score (nSPS) is 24.4. The van der Waals surface area contributed by atoms with Crippen LogP contribution in [0.4, 0.5) is 5.82 Å². The number of carboxylic acids is 1. The summed E-state index contributed by atoms with van der Waals surface area (Å²) < 4.78 is 0. The van der Waals surface area contributed by atoms with Gasteiger partial charge in [-0.1, -0.05) is 0 Å². The van der Waals surface area contributed by atoms with Crippen molar-refractivity contribution in [2.24, 2.45) is 0 Å². The van der Waals surface area contributed by atoms with Gasteiger partial charge in [-0.25, -0.2) is 9.97 Å². The van der Waals surface area contributed by atoms with Crippen molar-refractivity contribution in [3.63, 3.8) is 0 Å². The molecular weight excluding hydrogens is 268 g/mol. The Hall–Kier alpha value is -1.69. The van der Waals surface area contributed by atoms with Crippen LogP contribution in [0.1, 0.15) is 31.4 Å². The van der Waals surface area contributed by atoms with Gasteiger partial charge in [0.25, 0.3) is 0 Å². The topological polar surface area (TPSA) is 69.6 Å². The molecule has 1 atom stereocenters. The fourth-order valence-corrected chi connectivity index (χ4v) is 3.53. The Labute approximate surface area is 124 Å². The second kappa shape index (κ2) is 5.97. The number of likely N-dealkylation sites (tertiary alicyclic amines) is 1. The van der Waals surface area contributed by atoms with E-state index in [-0.39, 0.29) is 6.04 Å². The molecule has 0 saturated carbocycles. The quantitative estimate of drug-likeness (QED) is 0.905. The van der Waals surface area contributed by atoms with E-state index in [1.165, 1.54) is 0 Å². The molecule has 0 spiro atoms. The van der Waals surface area contributed by atoms with Crippen molar-refractivity contribution in [2.45, 2.75) is 44.7 Å². The number of carbonyl (C=O) groups is 1. The lowest BCUT2D eigenvalue weighted by molar-refractivity contribution is -0.143. The van der Waals surface area contributed by atoms with Crippen LogP contribution >= 0.6 is 0 Å². The number of aryl methyl sites for hydroxylation is 1. The highest BCUT2D eigenvalue weighted by Crippen LogP contribution is 2.27. The summed E-state index contributed by atoms with van der Waals surface area (Å²) in [5.74, 6) is 0.318. The van der Waals surface area contributed by atoms with E-state index in [0.29, 0.717) is 6.04 Å². The fraction of sp³-hybridized carbons (Fsp3) is 0.667. The molecule has 6 nitrogen and oxygen atoms in total. The van der Waals surface area contributed by atoms with Crippen LogP contribution in [0.3, 0.4) is 0 Å². The largest absolute Gasteiger partial charge is 0.480 e. The summed E-state index contributed by atoms with van der Waals surface area (Å²) in [5.41, 5.74) is 0.979. The first kappa shape index (κ1) is 14.3. The molecule has 2 saturated heterocycles. The summed E-state index contributed by atoms with van der Waals surface area (Å²) in [5, 5.41) is 9.31. The highest BCUT2D eigenvalue weighted by atomic mass is 16.4. The van der Waals surface area contributed by atoms with Gasteiger partial charge in [-0.2, -0.15) is 0 Å². The summed E-state index contributed by atoms with van der Waals surface area (Å²) in [4.78, 5) is 24.2. The number of aliphatic carboxylic acids is 1. The molecule has 3 rings (SSSR count). The average Bonchev–Trinajstić information content (AvgIpc) is 2.97. The Bertz CT molecular complexity index is 514. The predicted octanol–water partition coefficient (Wildman–Crippen LogP) is 1.30. The van der Waals surface area contributed by atoms with Crippen molar-refractivity contribution >= 4 is 11.8 Å². The van der Waals surface area contributed by atoms with Crippen LogP contribution in [-0.4, -0.2) is 57.7 Å². The summed E-state index contributed by atoms with van der Waals surface area (Å²) >= 11 is 0. The Morgan fingerprint density at radius 3 is 2.67 bits per heavy atom. The van der Waals surface area contributed by atoms with E-state index in [1.807, 2.05) is 13.0 Å². The molecule has 1 aromatic rings. The van der Waals surface area contributed by atoms with E-state index in [4.69, 9.17) is 0 Å². The van der Waals surface area contributed by atoms with Gasteiger partial charge in [0.2, 0.25) is 0 Å². The Kier molecular flexibility index (Phi) is 4.05. The second-order valence-corrected chi connectivity index (χ2v) is 5.97. The molecule has 1 aromatic heterocycles. The number of carboxylic acid groups (broad SMARTS) is 1. The molecule has 2 aliphatic heterocycles. The maximum absolute atomic E-state index is 11.3.